The smallest absolute Gasteiger partial charge is 0.357 e. The third-order valence-electron chi connectivity index (χ3n) is 9.42. The van der Waals surface area contributed by atoms with E-state index in [0.717, 1.165) is 42.2 Å². The Hall–Kier alpha value is -5.17. The van der Waals surface area contributed by atoms with Crippen molar-refractivity contribution in [3.63, 3.8) is 0 Å². The van der Waals surface area contributed by atoms with Gasteiger partial charge in [0, 0.05) is 40.8 Å². The summed E-state index contributed by atoms with van der Waals surface area (Å²) in [6, 6.07) is 30.7. The van der Waals surface area contributed by atoms with Crippen molar-refractivity contribution in [2.45, 2.75) is 64.8 Å². The number of para-hydroxylation sites is 2. The number of nitrogens with zero attached hydrogens (tertiary/aromatic N) is 4. The summed E-state index contributed by atoms with van der Waals surface area (Å²) in [6.45, 7) is 4.18. The number of aryl methyl sites for hydroxylation is 2. The van der Waals surface area contributed by atoms with Crippen molar-refractivity contribution in [1.82, 2.24) is 4.57 Å². The second-order valence-electron chi connectivity index (χ2n) is 12.5. The van der Waals surface area contributed by atoms with Crippen LogP contribution in [0.3, 0.4) is 0 Å². The number of carbonyl (C=O) groups excluding carboxylic acids is 1. The maximum absolute atomic E-state index is 13.3. The molecular formula is C40H40N4O3. The highest BCUT2D eigenvalue weighted by molar-refractivity contribution is 6.53. The van der Waals surface area contributed by atoms with Gasteiger partial charge in [0.25, 0.3) is 5.91 Å². The molecule has 2 aliphatic heterocycles. The molecule has 0 unspecified atom stereocenters. The van der Waals surface area contributed by atoms with Crippen molar-refractivity contribution >= 4 is 62.5 Å². The number of unbranched alkanes of at least 4 members (excludes halogenated alkanes) is 5. The Kier molecular flexibility index (Phi) is 8.62. The first kappa shape index (κ1) is 30.5. The fourth-order valence-electron chi connectivity index (χ4n) is 7.09. The van der Waals surface area contributed by atoms with Crippen molar-refractivity contribution in [2.75, 3.05) is 16.5 Å². The summed E-state index contributed by atoms with van der Waals surface area (Å²) in [5.41, 5.74) is 7.21. The number of aliphatic carboxylic acids is 1. The normalized spacial score (nSPS) is 15.6. The van der Waals surface area contributed by atoms with Crippen LogP contribution in [-0.4, -0.2) is 33.8 Å². The van der Waals surface area contributed by atoms with E-state index in [1.165, 1.54) is 71.6 Å². The van der Waals surface area contributed by atoms with E-state index in [0.29, 0.717) is 5.69 Å². The van der Waals surface area contributed by atoms with Crippen LogP contribution < -0.4 is 9.91 Å². The average Bonchev–Trinajstić information content (AvgIpc) is 3.60. The zero-order valence-electron chi connectivity index (χ0n) is 26.9. The molecule has 7 nitrogen and oxygen atoms in total. The predicted molar refractivity (Wildman–Crippen MR) is 192 cm³/mol. The maximum Gasteiger partial charge on any atom is 0.357 e. The monoisotopic (exact) mass is 624 g/mol. The first-order chi connectivity index (χ1) is 23.0. The minimum Gasteiger partial charge on any atom is -0.476 e. The minimum absolute atomic E-state index is 0.0811. The zero-order valence-corrected chi connectivity index (χ0v) is 26.9. The Morgan fingerprint density at radius 2 is 1.60 bits per heavy atom. The summed E-state index contributed by atoms with van der Waals surface area (Å²) in [4.78, 5) is 27.8. The number of anilines is 3. The molecule has 0 aliphatic carbocycles. The average molecular weight is 625 g/mol. The Morgan fingerprint density at radius 3 is 2.43 bits per heavy atom. The summed E-state index contributed by atoms with van der Waals surface area (Å²) in [6.07, 6.45) is 11.2. The van der Waals surface area contributed by atoms with Crippen molar-refractivity contribution in [3.05, 3.63) is 108 Å². The van der Waals surface area contributed by atoms with Gasteiger partial charge in [-0.15, -0.1) is 0 Å². The van der Waals surface area contributed by atoms with Gasteiger partial charge >= 0.3 is 5.97 Å². The zero-order chi connectivity index (χ0) is 32.3. The third kappa shape index (κ3) is 5.94. The fraction of sp³-hybridized carbons (Fsp3) is 0.275. The van der Waals surface area contributed by atoms with Crippen LogP contribution in [0.15, 0.2) is 102 Å². The van der Waals surface area contributed by atoms with E-state index in [1.54, 1.807) is 30.3 Å². The molecule has 1 amide bonds. The van der Waals surface area contributed by atoms with Gasteiger partial charge in [0.2, 0.25) is 0 Å². The molecular weight excluding hydrogens is 584 g/mol. The Balaban J connectivity index is 1.19. The summed E-state index contributed by atoms with van der Waals surface area (Å²) in [5, 5.41) is 17.8. The number of carboxylic acid groups (broad SMARTS) is 1. The first-order valence-corrected chi connectivity index (χ1v) is 16.9. The summed E-state index contributed by atoms with van der Waals surface area (Å²) < 4.78 is 2.51. The van der Waals surface area contributed by atoms with Gasteiger partial charge in [0.05, 0.1) is 16.8 Å². The van der Waals surface area contributed by atoms with E-state index in [1.807, 2.05) is 12.1 Å². The van der Waals surface area contributed by atoms with Crippen LogP contribution in [0.25, 0.3) is 27.9 Å². The summed E-state index contributed by atoms with van der Waals surface area (Å²) in [5.74, 6) is -1.67. The van der Waals surface area contributed by atoms with Gasteiger partial charge in [-0.3, -0.25) is 4.79 Å². The van der Waals surface area contributed by atoms with Crippen LogP contribution >= 0.6 is 0 Å². The number of hydrogen-bond donors (Lipinski definition) is 1. The molecule has 0 spiro atoms. The Morgan fingerprint density at radius 1 is 0.830 bits per heavy atom. The molecule has 0 saturated heterocycles. The van der Waals surface area contributed by atoms with Crippen LogP contribution in [0.5, 0.6) is 0 Å². The molecule has 3 heterocycles. The van der Waals surface area contributed by atoms with Crippen molar-refractivity contribution in [1.29, 1.82) is 0 Å². The molecule has 7 rings (SSSR count). The first-order valence-electron chi connectivity index (χ1n) is 16.9. The molecule has 0 atom stereocenters. The number of carbonyl (C=O) groups is 2. The highest BCUT2D eigenvalue weighted by atomic mass is 16.4. The molecule has 0 radical (unpaired) electrons. The number of hydrazone groups is 1. The lowest BCUT2D eigenvalue weighted by atomic mass is 9.97. The van der Waals surface area contributed by atoms with Crippen LogP contribution in [0.4, 0.5) is 17.1 Å². The van der Waals surface area contributed by atoms with Crippen LogP contribution in [-0.2, 0) is 22.6 Å². The number of amides is 1. The van der Waals surface area contributed by atoms with Crippen molar-refractivity contribution in [2.24, 2.45) is 5.10 Å². The maximum atomic E-state index is 13.3. The highest BCUT2D eigenvalue weighted by Gasteiger charge is 2.35. The molecule has 1 aromatic heterocycles. The second kappa shape index (κ2) is 13.3. The highest BCUT2D eigenvalue weighted by Crippen LogP contribution is 2.38. The third-order valence-corrected chi connectivity index (χ3v) is 9.42. The molecule has 5 aromatic rings. The number of aromatic nitrogens is 1. The van der Waals surface area contributed by atoms with Gasteiger partial charge in [-0.25, -0.2) is 4.79 Å². The van der Waals surface area contributed by atoms with Crippen LogP contribution in [0.2, 0.25) is 0 Å². The molecule has 238 valence electrons. The number of hydrogen-bond acceptors (Lipinski definition) is 4. The largest absolute Gasteiger partial charge is 0.476 e. The molecule has 47 heavy (non-hydrogen) atoms. The van der Waals surface area contributed by atoms with E-state index < -0.39 is 11.9 Å². The lowest BCUT2D eigenvalue weighted by Gasteiger charge is -2.32. The lowest BCUT2D eigenvalue weighted by molar-refractivity contribution is -0.129. The molecule has 0 saturated carbocycles. The Labute approximate surface area is 275 Å². The van der Waals surface area contributed by atoms with Gasteiger partial charge in [-0.1, -0.05) is 87.6 Å². The Bertz CT molecular complexity index is 2020. The molecule has 4 aromatic carbocycles. The van der Waals surface area contributed by atoms with Crippen molar-refractivity contribution < 1.29 is 14.7 Å². The summed E-state index contributed by atoms with van der Waals surface area (Å²) in [7, 11) is 0. The second-order valence-corrected chi connectivity index (χ2v) is 12.5. The number of fused-ring (bicyclic) bond motifs is 4. The van der Waals surface area contributed by atoms with Gasteiger partial charge in [-0.05, 0) is 78.9 Å². The topological polar surface area (TPSA) is 78.1 Å². The van der Waals surface area contributed by atoms with Gasteiger partial charge in [0.15, 0.2) is 5.71 Å². The molecule has 2 aliphatic rings. The van der Waals surface area contributed by atoms with E-state index >= 15 is 0 Å². The lowest BCUT2D eigenvalue weighted by Crippen LogP contribution is -2.24. The summed E-state index contributed by atoms with van der Waals surface area (Å²) >= 11 is 0. The van der Waals surface area contributed by atoms with E-state index in [-0.39, 0.29) is 11.3 Å². The number of carboxylic acids is 1. The van der Waals surface area contributed by atoms with E-state index in [2.05, 4.69) is 76.1 Å². The SMILES string of the molecule is CCCCCCCCn1c2ccccc2c2ccc(N3CCCc4cc(/C=C5\C(=O)N(c6ccccc6)N=C5C(=O)O)ccc43)cc21. The van der Waals surface area contributed by atoms with Crippen LogP contribution in [0.1, 0.15) is 63.0 Å². The van der Waals surface area contributed by atoms with E-state index in [4.69, 9.17) is 0 Å². The van der Waals surface area contributed by atoms with Crippen LogP contribution in [0, 0.1) is 0 Å². The standard InChI is InChI=1S/C40H40N4O3/c1-2-3-4-5-6-12-23-43-36-18-11-10-17-32(36)33-21-20-31(27-37(33)43)42-24-13-14-29-25-28(19-22-35(29)42)26-34-38(40(46)47)41-44(39(34)45)30-15-8-7-9-16-30/h7-11,15-22,25-27H,2-6,12-14,23-24H2,1H3,(H,46,47)/b34-26-. The minimum atomic E-state index is -1.23. The predicted octanol–water partition coefficient (Wildman–Crippen LogP) is 9.11. The fourth-order valence-corrected chi connectivity index (χ4v) is 7.09. The number of benzene rings is 4. The van der Waals surface area contributed by atoms with Gasteiger partial charge in [-0.2, -0.15) is 10.1 Å². The molecule has 0 fully saturated rings. The van der Waals surface area contributed by atoms with Gasteiger partial charge in [0.1, 0.15) is 0 Å². The number of rotatable bonds is 11. The van der Waals surface area contributed by atoms with Crippen molar-refractivity contribution in [3.8, 4) is 0 Å². The molecule has 7 heteroatoms. The quantitative estimate of drug-likeness (QED) is 0.117. The van der Waals surface area contributed by atoms with Gasteiger partial charge < -0.3 is 14.6 Å². The van der Waals surface area contributed by atoms with E-state index in [9.17, 15) is 14.7 Å². The molecule has 1 N–H and O–H groups in total. The molecule has 0 bridgehead atoms.